The van der Waals surface area contributed by atoms with Gasteiger partial charge in [0, 0.05) is 11.6 Å². The summed E-state index contributed by atoms with van der Waals surface area (Å²) in [7, 11) is 0. The van der Waals surface area contributed by atoms with Crippen LogP contribution in [-0.4, -0.2) is 5.48 Å². The molecule has 0 bridgehead atoms. The third-order valence-corrected chi connectivity index (χ3v) is 1.18. The van der Waals surface area contributed by atoms with Crippen molar-refractivity contribution in [3.05, 3.63) is 29.6 Å². The quantitative estimate of drug-likeness (QED) is 0.521. The number of pyridine rings is 1. The van der Waals surface area contributed by atoms with Crippen LogP contribution in [-0.2, 0) is 0 Å². The van der Waals surface area contributed by atoms with Gasteiger partial charge in [-0.1, -0.05) is 0 Å². The molecule has 0 radical (unpaired) electrons. The highest BCUT2D eigenvalue weighted by molar-refractivity contribution is 5.23. The predicted molar refractivity (Wildman–Crippen MR) is 34.4 cm³/mol. The van der Waals surface area contributed by atoms with Gasteiger partial charge < -0.3 is 5.48 Å². The van der Waals surface area contributed by atoms with Crippen LogP contribution in [0.4, 0.5) is 0 Å². The van der Waals surface area contributed by atoms with Crippen molar-refractivity contribution in [2.45, 2.75) is 6.92 Å². The van der Waals surface area contributed by atoms with Gasteiger partial charge in [-0.05, 0) is 13.0 Å². The zero-order valence-electron chi connectivity index (χ0n) is 5.63. The molecule has 0 unspecified atom stereocenters. The molecule has 0 aromatic carbocycles. The van der Waals surface area contributed by atoms with E-state index in [1.807, 2.05) is 25.1 Å². The maximum atomic E-state index is 8.44. The first-order valence-electron chi connectivity index (χ1n) is 2.72. The van der Waals surface area contributed by atoms with Crippen molar-refractivity contribution in [1.82, 2.24) is 0 Å². The van der Waals surface area contributed by atoms with Crippen molar-refractivity contribution >= 4 is 0 Å². The van der Waals surface area contributed by atoms with E-state index in [0.29, 0.717) is 5.69 Å². The highest BCUT2D eigenvalue weighted by Crippen LogP contribution is 1.95. The van der Waals surface area contributed by atoms with Crippen molar-refractivity contribution in [3.8, 4) is 6.07 Å². The molecule has 0 aliphatic heterocycles. The lowest BCUT2D eigenvalue weighted by atomic mass is 10.2. The fraction of sp³-hybridized carbons (Fsp3) is 0.143. The topological polar surface area (TPSA) is 67.9 Å². The summed E-state index contributed by atoms with van der Waals surface area (Å²) in [4.78, 5) is 2.83. The van der Waals surface area contributed by atoms with Crippen molar-refractivity contribution in [1.29, 1.82) is 5.26 Å². The van der Waals surface area contributed by atoms with E-state index in [2.05, 4.69) is 4.98 Å². The summed E-state index contributed by atoms with van der Waals surface area (Å²) in [6.45, 7) is 1.90. The smallest absolute Gasteiger partial charge is 0.284 e. The Balaban J connectivity index is 0.000000810. The third kappa shape index (κ3) is 1.54. The van der Waals surface area contributed by atoms with Crippen LogP contribution in [0, 0.1) is 18.3 Å². The predicted octanol–water partition coefficient (Wildman–Crippen LogP) is 0.504. The Hall–Kier alpha value is -1.40. The molecule has 0 saturated heterocycles. The Labute approximate surface area is 59.3 Å². The van der Waals surface area contributed by atoms with Gasteiger partial charge in [0.05, 0.1) is 0 Å². The molecule has 1 heterocycles. The van der Waals surface area contributed by atoms with E-state index in [1.165, 1.54) is 0 Å². The Kier molecular flexibility index (Phi) is 3.09. The monoisotopic (exact) mass is 136 g/mol. The van der Waals surface area contributed by atoms with Crippen LogP contribution in [0.25, 0.3) is 0 Å². The number of H-pyrrole nitrogens is 1. The van der Waals surface area contributed by atoms with Crippen molar-refractivity contribution in [3.63, 3.8) is 0 Å². The summed E-state index contributed by atoms with van der Waals surface area (Å²) in [5.74, 6) is 0. The Morgan fingerprint density at radius 3 is 2.70 bits per heavy atom. The van der Waals surface area contributed by atoms with Gasteiger partial charge in [0.15, 0.2) is 12.3 Å². The van der Waals surface area contributed by atoms with E-state index in [4.69, 9.17) is 5.26 Å². The average Bonchev–Trinajstić information content (AvgIpc) is 1.89. The van der Waals surface area contributed by atoms with E-state index in [9.17, 15) is 0 Å². The minimum atomic E-state index is 0. The molecular formula is C7H8N2O. The third-order valence-electron chi connectivity index (χ3n) is 1.18. The molecule has 2 N–H and O–H groups in total. The largest absolute Gasteiger partial charge is 0.870 e. The zero-order chi connectivity index (χ0) is 6.69. The number of nitriles is 1. The van der Waals surface area contributed by atoms with Gasteiger partial charge in [-0.2, -0.15) is 5.26 Å². The van der Waals surface area contributed by atoms with Gasteiger partial charge >= 0.3 is 0 Å². The first kappa shape index (κ1) is 8.60. The molecular weight excluding hydrogens is 128 g/mol. The number of aryl methyl sites for hydroxylation is 1. The number of nitrogens with zero attached hydrogens (tertiary/aromatic N) is 1. The normalized spacial score (nSPS) is 7.60. The molecule has 0 saturated carbocycles. The van der Waals surface area contributed by atoms with Gasteiger partial charge in [-0.15, -0.1) is 0 Å². The van der Waals surface area contributed by atoms with E-state index in [0.717, 1.165) is 5.56 Å². The van der Waals surface area contributed by atoms with Crippen LogP contribution in [0.15, 0.2) is 18.3 Å². The van der Waals surface area contributed by atoms with Crippen LogP contribution in [0.2, 0.25) is 0 Å². The molecule has 0 atom stereocenters. The molecule has 3 heteroatoms. The van der Waals surface area contributed by atoms with Crippen LogP contribution < -0.4 is 4.98 Å². The number of rotatable bonds is 0. The highest BCUT2D eigenvalue weighted by atomic mass is 16.0. The van der Waals surface area contributed by atoms with Gasteiger partial charge in [0.1, 0.15) is 0 Å². The summed E-state index contributed by atoms with van der Waals surface area (Å²) < 4.78 is 0. The van der Waals surface area contributed by atoms with Crippen molar-refractivity contribution in [2.75, 3.05) is 0 Å². The maximum absolute atomic E-state index is 8.44. The number of hydrogen-bond acceptors (Lipinski definition) is 2. The van der Waals surface area contributed by atoms with Gasteiger partial charge in [-0.25, -0.2) is 4.98 Å². The summed E-state index contributed by atoms with van der Waals surface area (Å²) in [5, 5.41) is 8.44. The van der Waals surface area contributed by atoms with Crippen molar-refractivity contribution in [2.24, 2.45) is 0 Å². The molecule has 0 spiro atoms. The number of nitrogens with one attached hydrogen (secondary N) is 1. The Bertz CT molecular complexity index is 252. The van der Waals surface area contributed by atoms with Gasteiger partial charge in [0.2, 0.25) is 0 Å². The second kappa shape index (κ2) is 3.59. The lowest BCUT2D eigenvalue weighted by Crippen LogP contribution is -2.07. The van der Waals surface area contributed by atoms with Crippen LogP contribution >= 0.6 is 0 Å². The van der Waals surface area contributed by atoms with Crippen LogP contribution in [0.5, 0.6) is 0 Å². The van der Waals surface area contributed by atoms with E-state index in [-0.39, 0.29) is 5.48 Å². The van der Waals surface area contributed by atoms with E-state index >= 15 is 0 Å². The SMILES string of the molecule is Cc1ccc[nH+]c1C#N.[OH-]. The molecule has 0 aliphatic carbocycles. The molecule has 0 amide bonds. The molecule has 3 nitrogen and oxygen atoms in total. The minimum Gasteiger partial charge on any atom is -0.870 e. The number of aromatic amines is 1. The maximum Gasteiger partial charge on any atom is 0.284 e. The first-order valence-corrected chi connectivity index (χ1v) is 2.72. The zero-order valence-corrected chi connectivity index (χ0v) is 5.63. The molecule has 52 valence electrons. The number of hydrogen-bond donors (Lipinski definition) is 0. The minimum absolute atomic E-state index is 0. The molecule has 10 heavy (non-hydrogen) atoms. The molecule has 1 aromatic rings. The van der Waals surface area contributed by atoms with Crippen LogP contribution in [0.1, 0.15) is 11.3 Å². The molecule has 0 fully saturated rings. The Morgan fingerprint density at radius 1 is 1.60 bits per heavy atom. The lowest BCUT2D eigenvalue weighted by Gasteiger charge is -1.83. The second-order valence-corrected chi connectivity index (χ2v) is 1.84. The van der Waals surface area contributed by atoms with Crippen LogP contribution in [0.3, 0.4) is 0 Å². The summed E-state index contributed by atoms with van der Waals surface area (Å²) >= 11 is 0. The standard InChI is InChI=1S/C7H6N2.H2O/c1-6-3-2-4-9-7(6)5-8;/h2-4H,1H3;1H2. The number of aromatic nitrogens is 1. The highest BCUT2D eigenvalue weighted by Gasteiger charge is 1.99. The Morgan fingerprint density at radius 2 is 2.30 bits per heavy atom. The summed E-state index contributed by atoms with van der Waals surface area (Å²) in [6, 6.07) is 5.81. The van der Waals surface area contributed by atoms with Gasteiger partial charge in [-0.3, -0.25) is 0 Å². The average molecular weight is 136 g/mol. The fourth-order valence-corrected chi connectivity index (χ4v) is 0.642. The van der Waals surface area contributed by atoms with Gasteiger partial charge in [0.25, 0.3) is 5.69 Å². The lowest BCUT2D eigenvalue weighted by molar-refractivity contribution is -0.382. The van der Waals surface area contributed by atoms with E-state index < -0.39 is 0 Å². The van der Waals surface area contributed by atoms with E-state index in [1.54, 1.807) is 6.20 Å². The fourth-order valence-electron chi connectivity index (χ4n) is 0.642. The molecule has 1 aromatic heterocycles. The molecule has 0 aliphatic rings. The van der Waals surface area contributed by atoms with Crippen molar-refractivity contribution < 1.29 is 10.5 Å². The summed E-state index contributed by atoms with van der Waals surface area (Å²) in [5.41, 5.74) is 1.62. The first-order chi connectivity index (χ1) is 4.34. The molecule has 1 rings (SSSR count). The summed E-state index contributed by atoms with van der Waals surface area (Å²) in [6.07, 6.45) is 1.74. The second-order valence-electron chi connectivity index (χ2n) is 1.84.